The van der Waals surface area contributed by atoms with Crippen molar-refractivity contribution in [2.45, 2.75) is 25.4 Å². The average molecular weight is 450 g/mol. The highest BCUT2D eigenvalue weighted by molar-refractivity contribution is 6.23. The molecule has 0 saturated carbocycles. The lowest BCUT2D eigenvalue weighted by Gasteiger charge is -2.36. The highest BCUT2D eigenvalue weighted by Gasteiger charge is 2.53. The molecule has 3 aromatic carbocycles. The van der Waals surface area contributed by atoms with Crippen LogP contribution < -0.4 is 10.0 Å². The number of aromatic amines is 1. The van der Waals surface area contributed by atoms with E-state index >= 15 is 0 Å². The maximum atomic E-state index is 13.8. The molecule has 0 spiro atoms. The van der Waals surface area contributed by atoms with Gasteiger partial charge in [0.05, 0.1) is 11.7 Å². The largest absolute Gasteiger partial charge is 0.545 e. The normalized spacial score (nSPS) is 19.4. The van der Waals surface area contributed by atoms with Gasteiger partial charge in [0.1, 0.15) is 12.1 Å². The van der Waals surface area contributed by atoms with Gasteiger partial charge in [0, 0.05) is 28.6 Å². The molecule has 168 valence electrons. The Hall–Kier alpha value is -4.39. The van der Waals surface area contributed by atoms with Crippen molar-refractivity contribution in [3.05, 3.63) is 101 Å². The first-order valence-electron chi connectivity index (χ1n) is 11.1. The Morgan fingerprint density at radius 1 is 1.00 bits per heavy atom. The molecule has 1 saturated heterocycles. The molecule has 3 heterocycles. The number of aromatic nitrogens is 1. The van der Waals surface area contributed by atoms with Crippen LogP contribution in [-0.2, 0) is 11.2 Å². The molecule has 2 aliphatic rings. The van der Waals surface area contributed by atoms with Crippen molar-refractivity contribution in [3.8, 4) is 0 Å². The number of carboxylic acids is 1. The Morgan fingerprint density at radius 2 is 1.76 bits per heavy atom. The fraction of sp³-hybridized carbons (Fsp3) is 0.148. The molecule has 0 radical (unpaired) electrons. The van der Waals surface area contributed by atoms with Crippen LogP contribution in [0, 0.1) is 6.92 Å². The number of nitrogens with one attached hydrogen (secondary N) is 1. The molecule has 0 aliphatic carbocycles. The molecule has 1 fully saturated rings. The van der Waals surface area contributed by atoms with E-state index in [1.54, 1.807) is 17.0 Å². The van der Waals surface area contributed by atoms with Crippen LogP contribution in [-0.4, -0.2) is 33.8 Å². The van der Waals surface area contributed by atoms with Gasteiger partial charge < -0.3 is 14.9 Å². The highest BCUT2D eigenvalue weighted by atomic mass is 16.4. The van der Waals surface area contributed by atoms with Crippen LogP contribution in [0.25, 0.3) is 10.9 Å². The number of carbonyl (C=O) groups excluding carboxylic acids is 3. The number of aryl methyl sites for hydroxylation is 1. The molecule has 6 rings (SSSR count). The number of rotatable bonds is 3. The van der Waals surface area contributed by atoms with Crippen molar-refractivity contribution < 1.29 is 19.5 Å². The van der Waals surface area contributed by atoms with Gasteiger partial charge in [-0.3, -0.25) is 9.69 Å². The summed E-state index contributed by atoms with van der Waals surface area (Å²) in [5, 5.41) is 12.8. The van der Waals surface area contributed by atoms with E-state index in [0.29, 0.717) is 6.42 Å². The number of imide groups is 1. The predicted molar refractivity (Wildman–Crippen MR) is 124 cm³/mol. The second kappa shape index (κ2) is 7.31. The number of fused-ring (bicyclic) bond motifs is 4. The lowest BCUT2D eigenvalue weighted by atomic mass is 9.88. The molecule has 2 aliphatic heterocycles. The van der Waals surface area contributed by atoms with Crippen molar-refractivity contribution in [2.24, 2.45) is 0 Å². The van der Waals surface area contributed by atoms with E-state index in [-0.39, 0.29) is 11.3 Å². The van der Waals surface area contributed by atoms with Crippen LogP contribution in [0.15, 0.2) is 72.8 Å². The molecular weight excluding hydrogens is 430 g/mol. The first kappa shape index (κ1) is 20.2. The van der Waals surface area contributed by atoms with Crippen molar-refractivity contribution in [3.63, 3.8) is 0 Å². The number of urea groups is 1. The summed E-state index contributed by atoms with van der Waals surface area (Å²) in [7, 11) is 0. The van der Waals surface area contributed by atoms with Crippen LogP contribution in [0.3, 0.4) is 0 Å². The van der Waals surface area contributed by atoms with Gasteiger partial charge in [0.2, 0.25) is 0 Å². The summed E-state index contributed by atoms with van der Waals surface area (Å²) in [5.41, 5.74) is 4.58. The number of carbonyl (C=O) groups is 3. The maximum Gasteiger partial charge on any atom is 0.332 e. The minimum absolute atomic E-state index is 0.0309. The van der Waals surface area contributed by atoms with Crippen molar-refractivity contribution >= 4 is 34.5 Å². The van der Waals surface area contributed by atoms with Crippen LogP contribution in [0.4, 0.5) is 10.5 Å². The van der Waals surface area contributed by atoms with Gasteiger partial charge in [0.15, 0.2) is 0 Å². The molecule has 7 nitrogen and oxygen atoms in total. The van der Waals surface area contributed by atoms with Gasteiger partial charge in [0.25, 0.3) is 5.91 Å². The summed E-state index contributed by atoms with van der Waals surface area (Å²) >= 11 is 0. The number of anilines is 1. The molecule has 4 aromatic rings. The topological polar surface area (TPSA) is 96.5 Å². The zero-order chi connectivity index (χ0) is 23.6. The Bertz CT molecular complexity index is 1500. The van der Waals surface area contributed by atoms with Gasteiger partial charge in [-0.1, -0.05) is 66.2 Å². The lowest BCUT2D eigenvalue weighted by molar-refractivity contribution is -0.254. The quantitative estimate of drug-likeness (QED) is 0.484. The maximum absolute atomic E-state index is 13.8. The van der Waals surface area contributed by atoms with Crippen LogP contribution in [0.5, 0.6) is 0 Å². The van der Waals surface area contributed by atoms with E-state index in [2.05, 4.69) is 4.98 Å². The highest BCUT2D eigenvalue weighted by Crippen LogP contribution is 2.45. The third kappa shape index (κ3) is 2.80. The molecule has 7 heteroatoms. The van der Waals surface area contributed by atoms with Crippen LogP contribution >= 0.6 is 0 Å². The number of benzene rings is 3. The number of amides is 3. The van der Waals surface area contributed by atoms with Gasteiger partial charge in [-0.05, 0) is 30.2 Å². The van der Waals surface area contributed by atoms with Gasteiger partial charge >= 0.3 is 6.03 Å². The number of para-hydroxylation sites is 2. The molecule has 0 bridgehead atoms. The van der Waals surface area contributed by atoms with E-state index in [1.807, 2.05) is 55.5 Å². The third-order valence-electron chi connectivity index (χ3n) is 6.77. The number of hydrogen-bond donors (Lipinski definition) is 1. The molecule has 0 unspecified atom stereocenters. The summed E-state index contributed by atoms with van der Waals surface area (Å²) < 4.78 is 0. The van der Waals surface area contributed by atoms with Gasteiger partial charge in [-0.2, -0.15) is 0 Å². The Labute approximate surface area is 195 Å². The standard InChI is InChI=1S/C27H21N3O4/c1-15-7-6-8-16(13-15)24-23-19(17-9-2-4-11-20(17)28-23)14-22-25(31)30(27(34)29(22)24)21-12-5-3-10-18(21)26(32)33/h2-13,22,24,28H,14H2,1H3,(H,32,33)/p-1/t22-,24+/m0/s1. The summed E-state index contributed by atoms with van der Waals surface area (Å²) in [5.74, 6) is -1.88. The summed E-state index contributed by atoms with van der Waals surface area (Å²) in [6.45, 7) is 1.98. The molecule has 3 amide bonds. The van der Waals surface area contributed by atoms with E-state index < -0.39 is 30.0 Å². The smallest absolute Gasteiger partial charge is 0.332 e. The number of carboxylic acid groups (broad SMARTS) is 1. The van der Waals surface area contributed by atoms with E-state index in [9.17, 15) is 19.5 Å². The summed E-state index contributed by atoms with van der Waals surface area (Å²) in [4.78, 5) is 45.3. The average Bonchev–Trinajstić information content (AvgIpc) is 3.32. The third-order valence-corrected chi connectivity index (χ3v) is 6.77. The van der Waals surface area contributed by atoms with Crippen molar-refractivity contribution in [1.82, 2.24) is 9.88 Å². The van der Waals surface area contributed by atoms with E-state index in [0.717, 1.165) is 38.2 Å². The zero-order valence-corrected chi connectivity index (χ0v) is 18.3. The lowest BCUT2D eigenvalue weighted by Crippen LogP contribution is -2.44. The molecule has 1 aromatic heterocycles. The van der Waals surface area contributed by atoms with Crippen LogP contribution in [0.1, 0.15) is 38.8 Å². The number of hydrogen-bond acceptors (Lipinski definition) is 4. The van der Waals surface area contributed by atoms with Crippen molar-refractivity contribution in [2.75, 3.05) is 4.90 Å². The second-order valence-electron chi connectivity index (χ2n) is 8.77. The number of aromatic carboxylic acids is 1. The minimum Gasteiger partial charge on any atom is -0.545 e. The SMILES string of the molecule is Cc1cccc([C@@H]2c3[nH]c4ccccc4c3C[C@H]3C(=O)N(c4ccccc4C(=O)[O-])C(=O)N23)c1. The minimum atomic E-state index is -1.44. The molecule has 1 N–H and O–H groups in total. The summed E-state index contributed by atoms with van der Waals surface area (Å²) in [6, 6.07) is 19.9. The van der Waals surface area contributed by atoms with Crippen LogP contribution in [0.2, 0.25) is 0 Å². The van der Waals surface area contributed by atoms with E-state index in [4.69, 9.17) is 0 Å². The molecule has 2 atom stereocenters. The first-order chi connectivity index (χ1) is 16.5. The number of nitrogens with zero attached hydrogens (tertiary/aromatic N) is 2. The summed E-state index contributed by atoms with van der Waals surface area (Å²) in [6.07, 6.45) is 0.343. The fourth-order valence-electron chi connectivity index (χ4n) is 5.32. The van der Waals surface area contributed by atoms with Gasteiger partial charge in [-0.15, -0.1) is 0 Å². The fourth-order valence-corrected chi connectivity index (χ4v) is 5.32. The first-order valence-corrected chi connectivity index (χ1v) is 11.1. The molecule has 34 heavy (non-hydrogen) atoms. The predicted octanol–water partition coefficient (Wildman–Crippen LogP) is 3.32. The Morgan fingerprint density at radius 3 is 2.56 bits per heavy atom. The number of H-pyrrole nitrogens is 1. The van der Waals surface area contributed by atoms with Crippen molar-refractivity contribution in [1.29, 1.82) is 0 Å². The molecular formula is C27H20N3O4-. The second-order valence-corrected chi connectivity index (χ2v) is 8.77. The van der Waals surface area contributed by atoms with Gasteiger partial charge in [-0.25, -0.2) is 9.69 Å². The zero-order valence-electron chi connectivity index (χ0n) is 18.3. The monoisotopic (exact) mass is 450 g/mol. The Balaban J connectivity index is 1.56. The van der Waals surface area contributed by atoms with E-state index in [1.165, 1.54) is 12.1 Å². The Kier molecular flexibility index (Phi) is 4.35.